The molecule has 0 amide bonds. The second kappa shape index (κ2) is 10.3. The number of nitrogens with zero attached hydrogens (tertiary/aromatic N) is 5. The van der Waals surface area contributed by atoms with E-state index in [0.717, 1.165) is 42.9 Å². The number of aromatic amines is 1. The molecule has 3 rings (SSSR count). The quantitative estimate of drug-likeness (QED) is 0.471. The highest BCUT2D eigenvalue weighted by Gasteiger charge is 2.14. The number of piperazine rings is 1. The molecule has 1 aromatic carbocycles. The highest BCUT2D eigenvalue weighted by Crippen LogP contribution is 2.27. The van der Waals surface area contributed by atoms with E-state index in [1.807, 2.05) is 18.2 Å². The van der Waals surface area contributed by atoms with E-state index in [4.69, 9.17) is 9.47 Å². The molecule has 1 saturated heterocycles. The minimum Gasteiger partial charge on any atom is -0.493 e. The minimum atomic E-state index is -0.496. The predicted molar refractivity (Wildman–Crippen MR) is 121 cm³/mol. The van der Waals surface area contributed by atoms with Crippen LogP contribution in [0.2, 0.25) is 0 Å². The van der Waals surface area contributed by atoms with Crippen molar-refractivity contribution < 1.29 is 9.47 Å². The summed E-state index contributed by atoms with van der Waals surface area (Å²) in [5.74, 6) is 1.60. The molecule has 168 valence electrons. The summed E-state index contributed by atoms with van der Waals surface area (Å²) in [7, 11) is 6.80. The van der Waals surface area contributed by atoms with Crippen LogP contribution in [-0.4, -0.2) is 86.1 Å². The molecule has 1 aliphatic heterocycles. The van der Waals surface area contributed by atoms with Crippen molar-refractivity contribution in [3.8, 4) is 11.5 Å². The van der Waals surface area contributed by atoms with Crippen molar-refractivity contribution in [3.63, 3.8) is 0 Å². The van der Waals surface area contributed by atoms with Crippen LogP contribution in [0.25, 0.3) is 0 Å². The van der Waals surface area contributed by atoms with Crippen molar-refractivity contribution in [2.75, 3.05) is 65.5 Å². The molecule has 1 fully saturated rings. The SMILES string of the molecule is COc1cc(/C=N/N(C)c2cc(=O)n(C)c(=O)[nH]2)ccc1OCCN1CCN(C)CC1. The first kappa shape index (κ1) is 22.6. The molecular formula is C21H30N6O4. The number of benzene rings is 1. The fourth-order valence-electron chi connectivity index (χ4n) is 3.17. The van der Waals surface area contributed by atoms with Gasteiger partial charge in [-0.3, -0.25) is 24.3 Å². The van der Waals surface area contributed by atoms with Crippen LogP contribution in [0.1, 0.15) is 5.56 Å². The van der Waals surface area contributed by atoms with Gasteiger partial charge in [0.25, 0.3) is 5.56 Å². The van der Waals surface area contributed by atoms with E-state index >= 15 is 0 Å². The second-order valence-corrected chi connectivity index (χ2v) is 7.53. The Morgan fingerprint density at radius 2 is 1.87 bits per heavy atom. The lowest BCUT2D eigenvalue weighted by molar-refractivity contribution is 0.133. The number of anilines is 1. The maximum Gasteiger partial charge on any atom is 0.329 e. The summed E-state index contributed by atoms with van der Waals surface area (Å²) in [5.41, 5.74) is -0.105. The zero-order valence-electron chi connectivity index (χ0n) is 18.5. The average Bonchev–Trinajstić information content (AvgIpc) is 2.77. The average molecular weight is 431 g/mol. The lowest BCUT2D eigenvalue weighted by Crippen LogP contribution is -2.45. The van der Waals surface area contributed by atoms with Crippen molar-refractivity contribution in [2.24, 2.45) is 12.1 Å². The molecule has 2 aromatic rings. The number of ether oxygens (including phenoxy) is 2. The molecule has 31 heavy (non-hydrogen) atoms. The molecule has 1 aromatic heterocycles. The molecule has 0 aliphatic carbocycles. The van der Waals surface area contributed by atoms with E-state index in [1.54, 1.807) is 20.4 Å². The van der Waals surface area contributed by atoms with Gasteiger partial charge in [-0.05, 0) is 30.8 Å². The number of likely N-dealkylation sites (N-methyl/N-ethyl adjacent to an activating group) is 1. The topological polar surface area (TPSA) is 95.4 Å². The number of H-pyrrole nitrogens is 1. The Hall–Kier alpha value is -3.11. The van der Waals surface area contributed by atoms with E-state index in [1.165, 1.54) is 18.1 Å². The summed E-state index contributed by atoms with van der Waals surface area (Å²) in [6.45, 7) is 5.73. The van der Waals surface area contributed by atoms with E-state index in [-0.39, 0.29) is 0 Å². The van der Waals surface area contributed by atoms with Crippen LogP contribution in [0.15, 0.2) is 39.0 Å². The maximum atomic E-state index is 11.8. The van der Waals surface area contributed by atoms with E-state index in [9.17, 15) is 9.59 Å². The van der Waals surface area contributed by atoms with Gasteiger partial charge < -0.3 is 14.4 Å². The van der Waals surface area contributed by atoms with Crippen LogP contribution in [0.5, 0.6) is 11.5 Å². The zero-order chi connectivity index (χ0) is 22.4. The van der Waals surface area contributed by atoms with Crippen molar-refractivity contribution in [2.45, 2.75) is 0 Å². The first-order chi connectivity index (χ1) is 14.9. The molecule has 0 bridgehead atoms. The van der Waals surface area contributed by atoms with Crippen LogP contribution in [0.4, 0.5) is 5.82 Å². The van der Waals surface area contributed by atoms with Crippen LogP contribution in [0.3, 0.4) is 0 Å². The molecule has 0 spiro atoms. The van der Waals surface area contributed by atoms with Gasteiger partial charge in [0.05, 0.1) is 13.3 Å². The predicted octanol–water partition coefficient (Wildman–Crippen LogP) is 0.179. The van der Waals surface area contributed by atoms with Gasteiger partial charge in [0.2, 0.25) is 0 Å². The van der Waals surface area contributed by atoms with Gasteiger partial charge in [0.15, 0.2) is 11.5 Å². The smallest absolute Gasteiger partial charge is 0.329 e. The Labute approximate surface area is 181 Å². The zero-order valence-corrected chi connectivity index (χ0v) is 18.5. The molecule has 0 atom stereocenters. The first-order valence-corrected chi connectivity index (χ1v) is 10.2. The Morgan fingerprint density at radius 3 is 2.55 bits per heavy atom. The van der Waals surface area contributed by atoms with Crippen molar-refractivity contribution in [1.82, 2.24) is 19.4 Å². The highest BCUT2D eigenvalue weighted by molar-refractivity contribution is 5.81. The van der Waals surface area contributed by atoms with Crippen molar-refractivity contribution >= 4 is 12.0 Å². The van der Waals surface area contributed by atoms with Crippen LogP contribution in [0, 0.1) is 0 Å². The number of hydrogen-bond acceptors (Lipinski definition) is 8. The fraction of sp³-hybridized carbons (Fsp3) is 0.476. The summed E-state index contributed by atoms with van der Waals surface area (Å²) in [6, 6.07) is 6.87. The molecule has 10 nitrogen and oxygen atoms in total. The summed E-state index contributed by atoms with van der Waals surface area (Å²) >= 11 is 0. The van der Waals surface area contributed by atoms with Crippen molar-refractivity contribution in [3.05, 3.63) is 50.7 Å². The number of hydrazone groups is 1. The lowest BCUT2D eigenvalue weighted by Gasteiger charge is -2.32. The van der Waals surface area contributed by atoms with E-state index < -0.39 is 11.2 Å². The third-order valence-corrected chi connectivity index (χ3v) is 5.31. The van der Waals surface area contributed by atoms with Gasteiger partial charge in [-0.2, -0.15) is 5.10 Å². The normalized spacial score (nSPS) is 15.4. The van der Waals surface area contributed by atoms with Gasteiger partial charge in [-0.25, -0.2) is 4.79 Å². The summed E-state index contributed by atoms with van der Waals surface area (Å²) in [6.07, 6.45) is 1.62. The molecular weight excluding hydrogens is 400 g/mol. The Balaban J connectivity index is 1.61. The second-order valence-electron chi connectivity index (χ2n) is 7.53. The van der Waals surface area contributed by atoms with Gasteiger partial charge in [-0.1, -0.05) is 0 Å². The number of rotatable bonds is 8. The molecule has 10 heteroatoms. The summed E-state index contributed by atoms with van der Waals surface area (Å²) in [5, 5.41) is 5.72. The third kappa shape index (κ3) is 5.96. The minimum absolute atomic E-state index is 0.306. The highest BCUT2D eigenvalue weighted by atomic mass is 16.5. The Bertz CT molecular complexity index is 992. The number of aromatic nitrogens is 2. The Kier molecular flexibility index (Phi) is 7.48. The number of nitrogens with one attached hydrogen (secondary N) is 1. The summed E-state index contributed by atoms with van der Waals surface area (Å²) in [4.78, 5) is 30.9. The lowest BCUT2D eigenvalue weighted by atomic mass is 10.2. The van der Waals surface area contributed by atoms with E-state index in [0.29, 0.717) is 23.9 Å². The van der Waals surface area contributed by atoms with Gasteiger partial charge in [0.1, 0.15) is 12.4 Å². The van der Waals surface area contributed by atoms with Crippen LogP contribution >= 0.6 is 0 Å². The standard InChI is InChI=1S/C21H30N6O4/c1-24-7-9-27(10-8-24)11-12-31-17-6-5-16(13-18(17)30-4)15-22-26(3)19-14-20(28)25(2)21(29)23-19/h5-6,13-15H,7-12H2,1-4H3,(H,23,29)/b22-15+. The third-order valence-electron chi connectivity index (χ3n) is 5.31. The molecule has 0 saturated carbocycles. The molecule has 1 N–H and O–H groups in total. The molecule has 0 unspecified atom stereocenters. The number of methoxy groups -OCH3 is 1. The van der Waals surface area contributed by atoms with Crippen LogP contribution < -0.4 is 25.7 Å². The monoisotopic (exact) mass is 430 g/mol. The molecule has 0 radical (unpaired) electrons. The maximum absolute atomic E-state index is 11.8. The number of hydrogen-bond donors (Lipinski definition) is 1. The van der Waals surface area contributed by atoms with Crippen LogP contribution in [-0.2, 0) is 7.05 Å². The molecule has 2 heterocycles. The fourth-order valence-corrected chi connectivity index (χ4v) is 3.17. The summed E-state index contributed by atoms with van der Waals surface area (Å²) < 4.78 is 12.4. The van der Waals surface area contributed by atoms with Gasteiger partial charge in [-0.15, -0.1) is 0 Å². The van der Waals surface area contributed by atoms with E-state index in [2.05, 4.69) is 26.9 Å². The largest absolute Gasteiger partial charge is 0.493 e. The first-order valence-electron chi connectivity index (χ1n) is 10.2. The van der Waals surface area contributed by atoms with Gasteiger partial charge >= 0.3 is 5.69 Å². The molecule has 1 aliphatic rings. The Morgan fingerprint density at radius 1 is 1.13 bits per heavy atom. The van der Waals surface area contributed by atoms with Gasteiger partial charge in [0, 0.05) is 52.9 Å². The van der Waals surface area contributed by atoms with Crippen molar-refractivity contribution in [1.29, 1.82) is 0 Å².